The van der Waals surface area contributed by atoms with E-state index in [9.17, 15) is 0 Å². The van der Waals surface area contributed by atoms with Gasteiger partial charge in [-0.15, -0.1) is 12.4 Å². The average Bonchev–Trinajstić information content (AvgIpc) is 2.61. The van der Waals surface area contributed by atoms with Gasteiger partial charge in [-0.25, -0.2) is 0 Å². The number of rotatable bonds is 15. The van der Waals surface area contributed by atoms with Gasteiger partial charge < -0.3 is 4.90 Å². The Morgan fingerprint density at radius 2 is 1.19 bits per heavy atom. The summed E-state index contributed by atoms with van der Waals surface area (Å²) < 4.78 is 0. The maximum atomic E-state index is 2.47. The third kappa shape index (κ3) is 14.3. The fourth-order valence-corrected chi connectivity index (χ4v) is 3.76. The second-order valence-corrected chi connectivity index (χ2v) is 9.32. The monoisotopic (exact) mass is 397 g/mol. The molecule has 1 heterocycles. The molecule has 1 rings (SSSR count). The van der Waals surface area contributed by atoms with Crippen molar-refractivity contribution in [3.05, 3.63) is 23.9 Å². The zero-order valence-corrected chi connectivity index (χ0v) is 19.7. The fourth-order valence-electron chi connectivity index (χ4n) is 3.76. The summed E-state index contributed by atoms with van der Waals surface area (Å²) in [4.78, 5) is 2.47. The lowest BCUT2D eigenvalue weighted by Crippen LogP contribution is -2.23. The molecule has 0 fully saturated rings. The van der Waals surface area contributed by atoms with Crippen LogP contribution < -0.4 is 0 Å². The molecular weight excluding hydrogens is 350 g/mol. The van der Waals surface area contributed by atoms with Crippen LogP contribution in [0.2, 0.25) is 0 Å². The predicted molar refractivity (Wildman–Crippen MR) is 126 cm³/mol. The minimum Gasteiger partial charge on any atom is -0.374 e. The molecule has 1 aliphatic heterocycles. The summed E-state index contributed by atoms with van der Waals surface area (Å²) in [6.45, 7) is 11.5. The van der Waals surface area contributed by atoms with Gasteiger partial charge in [0.25, 0.3) is 0 Å². The fraction of sp³-hybridized carbons (Fsp3) is 0.840. The van der Waals surface area contributed by atoms with Gasteiger partial charge in [0, 0.05) is 13.1 Å². The molecule has 160 valence electrons. The number of nitrogens with zero attached hydrogens (tertiary/aromatic N) is 1. The molecule has 1 aliphatic rings. The molecule has 0 aromatic rings. The van der Waals surface area contributed by atoms with Crippen molar-refractivity contribution in [2.45, 2.75) is 118 Å². The van der Waals surface area contributed by atoms with Crippen molar-refractivity contribution in [3.8, 4) is 0 Å². The van der Waals surface area contributed by atoms with E-state index in [0.717, 1.165) is 6.54 Å². The van der Waals surface area contributed by atoms with Gasteiger partial charge in [0.1, 0.15) is 0 Å². The Labute approximate surface area is 177 Å². The van der Waals surface area contributed by atoms with Crippen LogP contribution in [-0.4, -0.2) is 18.0 Å². The van der Waals surface area contributed by atoms with Crippen LogP contribution in [-0.2, 0) is 0 Å². The topological polar surface area (TPSA) is 3.24 Å². The van der Waals surface area contributed by atoms with E-state index in [-0.39, 0.29) is 17.8 Å². The first-order valence-electron chi connectivity index (χ1n) is 11.7. The van der Waals surface area contributed by atoms with Crippen LogP contribution in [0.1, 0.15) is 118 Å². The molecule has 0 aromatic carbocycles. The maximum Gasteiger partial charge on any atom is 0.0359 e. The zero-order chi connectivity index (χ0) is 19.1. The van der Waals surface area contributed by atoms with Gasteiger partial charge in [0.15, 0.2) is 0 Å². The third-order valence-corrected chi connectivity index (χ3v) is 5.68. The molecule has 0 unspecified atom stereocenters. The summed E-state index contributed by atoms with van der Waals surface area (Å²) in [6.07, 6.45) is 27.2. The van der Waals surface area contributed by atoms with Crippen molar-refractivity contribution in [1.82, 2.24) is 4.90 Å². The molecule has 0 amide bonds. The molecule has 0 radical (unpaired) electrons. The van der Waals surface area contributed by atoms with E-state index in [1.807, 2.05) is 0 Å². The van der Waals surface area contributed by atoms with E-state index in [1.54, 1.807) is 0 Å². The van der Waals surface area contributed by atoms with Gasteiger partial charge in [-0.2, -0.15) is 0 Å². The molecule has 0 aliphatic carbocycles. The largest absolute Gasteiger partial charge is 0.374 e. The molecule has 0 aromatic heterocycles. The first-order valence-corrected chi connectivity index (χ1v) is 11.7. The van der Waals surface area contributed by atoms with Crippen molar-refractivity contribution in [3.63, 3.8) is 0 Å². The first-order chi connectivity index (χ1) is 12.5. The molecule has 27 heavy (non-hydrogen) atoms. The standard InChI is InChI=1S/C25H47N.ClH/c1-5-6-7-8-9-10-11-12-13-14-15-16-17-18-21-26-22-19-24(20-23-26)25(2,3)4;/h19-20,22H,5-18,21,23H2,1-4H3;1H. The highest BCUT2D eigenvalue weighted by Gasteiger charge is 2.16. The second kappa shape index (κ2) is 16.5. The third-order valence-electron chi connectivity index (χ3n) is 5.68. The van der Waals surface area contributed by atoms with E-state index in [4.69, 9.17) is 0 Å². The Balaban J connectivity index is 0.00000676. The number of unbranched alkanes of at least 4 members (excludes halogenated alkanes) is 13. The van der Waals surface area contributed by atoms with Crippen LogP contribution in [0.15, 0.2) is 23.9 Å². The molecule has 0 N–H and O–H groups in total. The summed E-state index contributed by atoms with van der Waals surface area (Å²) in [6, 6.07) is 0. The molecular formula is C25H48ClN. The van der Waals surface area contributed by atoms with Crippen LogP contribution in [0.5, 0.6) is 0 Å². The summed E-state index contributed by atoms with van der Waals surface area (Å²) in [5.74, 6) is 0. The van der Waals surface area contributed by atoms with Crippen LogP contribution >= 0.6 is 12.4 Å². The van der Waals surface area contributed by atoms with Crippen LogP contribution in [0.3, 0.4) is 0 Å². The molecule has 0 saturated heterocycles. The summed E-state index contributed by atoms with van der Waals surface area (Å²) >= 11 is 0. The van der Waals surface area contributed by atoms with Crippen molar-refractivity contribution in [2.75, 3.05) is 13.1 Å². The second-order valence-electron chi connectivity index (χ2n) is 9.32. The number of hydrogen-bond donors (Lipinski definition) is 0. The Kier molecular flexibility index (Phi) is 16.3. The van der Waals surface area contributed by atoms with E-state index < -0.39 is 0 Å². The van der Waals surface area contributed by atoms with E-state index in [0.29, 0.717) is 0 Å². The number of allylic oxidation sites excluding steroid dienone is 2. The van der Waals surface area contributed by atoms with Crippen LogP contribution in [0.25, 0.3) is 0 Å². The van der Waals surface area contributed by atoms with Gasteiger partial charge in [-0.3, -0.25) is 0 Å². The Morgan fingerprint density at radius 3 is 1.56 bits per heavy atom. The summed E-state index contributed by atoms with van der Waals surface area (Å²) in [7, 11) is 0. The maximum absolute atomic E-state index is 2.47. The minimum atomic E-state index is 0. The lowest BCUT2D eigenvalue weighted by Gasteiger charge is -2.28. The highest BCUT2D eigenvalue weighted by atomic mass is 35.5. The van der Waals surface area contributed by atoms with Gasteiger partial charge in [-0.1, -0.05) is 117 Å². The summed E-state index contributed by atoms with van der Waals surface area (Å²) in [5, 5.41) is 0. The summed E-state index contributed by atoms with van der Waals surface area (Å²) in [5.41, 5.74) is 1.77. The van der Waals surface area contributed by atoms with E-state index in [2.05, 4.69) is 50.9 Å². The molecule has 0 atom stereocenters. The van der Waals surface area contributed by atoms with E-state index in [1.165, 1.54) is 102 Å². The minimum absolute atomic E-state index is 0. The van der Waals surface area contributed by atoms with Crippen molar-refractivity contribution in [2.24, 2.45) is 5.41 Å². The predicted octanol–water partition coefficient (Wildman–Crippen LogP) is 8.69. The average molecular weight is 398 g/mol. The Hall–Kier alpha value is -0.430. The van der Waals surface area contributed by atoms with Crippen LogP contribution in [0.4, 0.5) is 0 Å². The molecule has 2 heteroatoms. The van der Waals surface area contributed by atoms with Gasteiger partial charge in [0.2, 0.25) is 0 Å². The quantitative estimate of drug-likeness (QED) is 0.250. The van der Waals surface area contributed by atoms with E-state index >= 15 is 0 Å². The zero-order valence-electron chi connectivity index (χ0n) is 18.9. The van der Waals surface area contributed by atoms with Crippen LogP contribution in [0, 0.1) is 5.41 Å². The lowest BCUT2D eigenvalue weighted by molar-refractivity contribution is 0.382. The van der Waals surface area contributed by atoms with Crippen molar-refractivity contribution >= 4 is 12.4 Å². The molecule has 1 nitrogen and oxygen atoms in total. The van der Waals surface area contributed by atoms with Gasteiger partial charge in [-0.05, 0) is 29.7 Å². The van der Waals surface area contributed by atoms with Gasteiger partial charge >= 0.3 is 0 Å². The SMILES string of the molecule is CCCCCCCCCCCCCCCCN1C=CC(C(C)(C)C)=CC1.Cl. The Morgan fingerprint density at radius 1 is 0.741 bits per heavy atom. The van der Waals surface area contributed by atoms with Crippen molar-refractivity contribution in [1.29, 1.82) is 0 Å². The molecule has 0 bridgehead atoms. The molecule has 0 spiro atoms. The highest BCUT2D eigenvalue weighted by molar-refractivity contribution is 5.85. The normalized spacial score (nSPS) is 14.2. The Bertz CT molecular complexity index is 392. The van der Waals surface area contributed by atoms with Crippen molar-refractivity contribution < 1.29 is 0 Å². The molecule has 0 saturated carbocycles. The smallest absolute Gasteiger partial charge is 0.0359 e. The number of hydrogen-bond acceptors (Lipinski definition) is 1. The number of halogens is 1. The first kappa shape index (κ1) is 26.6. The van der Waals surface area contributed by atoms with Gasteiger partial charge in [0.05, 0.1) is 0 Å². The lowest BCUT2D eigenvalue weighted by atomic mass is 9.85. The highest BCUT2D eigenvalue weighted by Crippen LogP contribution is 2.28.